The molecule has 0 aliphatic rings. The molecule has 170 valence electrons. The summed E-state index contributed by atoms with van der Waals surface area (Å²) in [5.74, 6) is -0.201. The number of esters is 1. The Morgan fingerprint density at radius 3 is 2.76 bits per heavy atom. The van der Waals surface area contributed by atoms with Gasteiger partial charge in [0, 0.05) is 16.6 Å². The van der Waals surface area contributed by atoms with Crippen LogP contribution in [0.4, 0.5) is 17.6 Å². The fourth-order valence-corrected chi connectivity index (χ4v) is 3.18. The van der Waals surface area contributed by atoms with Gasteiger partial charge in [-0.25, -0.2) is 4.79 Å². The van der Waals surface area contributed by atoms with Crippen LogP contribution in [-0.4, -0.2) is 39.4 Å². The van der Waals surface area contributed by atoms with Gasteiger partial charge in [0.15, 0.2) is 0 Å². The molecule has 0 fully saturated rings. The molecule has 0 aliphatic carbocycles. The van der Waals surface area contributed by atoms with Crippen molar-refractivity contribution >= 4 is 40.4 Å². The van der Waals surface area contributed by atoms with Crippen LogP contribution in [0, 0.1) is 0 Å². The van der Waals surface area contributed by atoms with E-state index in [4.69, 9.17) is 19.6 Å². The lowest BCUT2D eigenvalue weighted by molar-refractivity contribution is 0.0492. The van der Waals surface area contributed by atoms with Crippen LogP contribution in [0.2, 0.25) is 0 Å². The number of aromatic nitrogens is 3. The number of benzene rings is 2. The van der Waals surface area contributed by atoms with Crippen LogP contribution < -0.4 is 15.8 Å². The molecular formula is C23H23N5O5. The number of ether oxygens (including phenoxy) is 2. The summed E-state index contributed by atoms with van der Waals surface area (Å²) in [6.07, 6.45) is -0.0245. The molecule has 4 rings (SSSR count). The molecule has 0 unspecified atom stereocenters. The standard InChI is InChI=1S/C23H23N5O5/c1-4-31-21(30)19-12-15-10-16(8-9-18(15)33-19)25-23-26-22(24)28(27-23)20(29)14-6-5-7-17(11-14)32-13(2)3/h5-13H,4H2,1-3H3,(H3,24,25,26,27). The van der Waals surface area contributed by atoms with Crippen LogP contribution >= 0.6 is 0 Å². The predicted octanol–water partition coefficient (Wildman–Crippen LogP) is 4.00. The quantitative estimate of drug-likeness (QED) is 0.401. The van der Waals surface area contributed by atoms with Gasteiger partial charge in [0.25, 0.3) is 5.91 Å². The molecule has 0 radical (unpaired) electrons. The number of fused-ring (bicyclic) bond motifs is 1. The van der Waals surface area contributed by atoms with Crippen LogP contribution in [0.15, 0.2) is 52.9 Å². The highest BCUT2D eigenvalue weighted by Gasteiger charge is 2.18. The molecule has 4 aromatic rings. The number of nitrogens with two attached hydrogens (primary N) is 1. The number of nitrogens with zero attached hydrogens (tertiary/aromatic N) is 3. The van der Waals surface area contributed by atoms with Gasteiger partial charge in [0.1, 0.15) is 11.3 Å². The number of rotatable bonds is 7. The van der Waals surface area contributed by atoms with Crippen molar-refractivity contribution in [3.63, 3.8) is 0 Å². The van der Waals surface area contributed by atoms with Crippen molar-refractivity contribution < 1.29 is 23.5 Å². The zero-order valence-electron chi connectivity index (χ0n) is 18.4. The smallest absolute Gasteiger partial charge is 0.374 e. The lowest BCUT2D eigenvalue weighted by Crippen LogP contribution is -2.16. The lowest BCUT2D eigenvalue weighted by Gasteiger charge is -2.10. The van der Waals surface area contributed by atoms with Crippen LogP contribution in [0.25, 0.3) is 11.0 Å². The number of nitrogen functional groups attached to an aromatic ring is 1. The maximum atomic E-state index is 12.9. The molecule has 0 spiro atoms. The van der Waals surface area contributed by atoms with E-state index in [1.807, 2.05) is 13.8 Å². The highest BCUT2D eigenvalue weighted by molar-refractivity contribution is 5.97. The molecular weight excluding hydrogens is 426 g/mol. The molecule has 3 N–H and O–H groups in total. The van der Waals surface area contributed by atoms with E-state index in [0.29, 0.717) is 28.0 Å². The number of carbonyl (C=O) groups is 2. The summed E-state index contributed by atoms with van der Waals surface area (Å²) >= 11 is 0. The first-order valence-electron chi connectivity index (χ1n) is 10.4. The van der Waals surface area contributed by atoms with Gasteiger partial charge in [-0.15, -0.1) is 5.10 Å². The van der Waals surface area contributed by atoms with Crippen molar-refractivity contribution in [2.75, 3.05) is 17.7 Å². The Kier molecular flexibility index (Phi) is 5.99. The van der Waals surface area contributed by atoms with Gasteiger partial charge in [-0.1, -0.05) is 6.07 Å². The molecule has 2 heterocycles. The number of carbonyl (C=O) groups excluding carboxylic acids is 2. The van der Waals surface area contributed by atoms with E-state index in [1.165, 1.54) is 0 Å². The summed E-state index contributed by atoms with van der Waals surface area (Å²) in [5, 5.41) is 7.89. The van der Waals surface area contributed by atoms with E-state index >= 15 is 0 Å². The van der Waals surface area contributed by atoms with Gasteiger partial charge in [-0.3, -0.25) is 4.79 Å². The zero-order valence-corrected chi connectivity index (χ0v) is 18.4. The Hall–Kier alpha value is -4.34. The Morgan fingerprint density at radius 1 is 1.18 bits per heavy atom. The van der Waals surface area contributed by atoms with E-state index in [9.17, 15) is 9.59 Å². The highest BCUT2D eigenvalue weighted by atomic mass is 16.5. The number of nitrogens with one attached hydrogen (secondary N) is 1. The number of hydrogen-bond acceptors (Lipinski definition) is 9. The van der Waals surface area contributed by atoms with Crippen LogP contribution in [0.1, 0.15) is 41.7 Å². The van der Waals surface area contributed by atoms with Crippen molar-refractivity contribution in [1.82, 2.24) is 14.8 Å². The molecule has 10 nitrogen and oxygen atoms in total. The second-order valence-corrected chi connectivity index (χ2v) is 7.41. The van der Waals surface area contributed by atoms with Crippen molar-refractivity contribution in [2.24, 2.45) is 0 Å². The first-order chi connectivity index (χ1) is 15.8. The third-order valence-electron chi connectivity index (χ3n) is 4.53. The molecule has 0 aliphatic heterocycles. The average Bonchev–Trinajstić information content (AvgIpc) is 3.36. The fourth-order valence-electron chi connectivity index (χ4n) is 3.18. The minimum Gasteiger partial charge on any atom is -0.491 e. The summed E-state index contributed by atoms with van der Waals surface area (Å²) in [6, 6.07) is 13.6. The summed E-state index contributed by atoms with van der Waals surface area (Å²) in [7, 11) is 0. The largest absolute Gasteiger partial charge is 0.491 e. The lowest BCUT2D eigenvalue weighted by atomic mass is 10.2. The van der Waals surface area contributed by atoms with Gasteiger partial charge in [-0.05, 0) is 63.2 Å². The molecule has 0 amide bonds. The maximum absolute atomic E-state index is 12.9. The minimum absolute atomic E-state index is 0.0245. The van der Waals surface area contributed by atoms with Crippen molar-refractivity contribution in [3.05, 3.63) is 59.9 Å². The van der Waals surface area contributed by atoms with Gasteiger partial charge in [0.05, 0.1) is 12.7 Å². The molecule has 0 bridgehead atoms. The van der Waals surface area contributed by atoms with Crippen molar-refractivity contribution in [2.45, 2.75) is 26.9 Å². The molecule has 0 saturated heterocycles. The predicted molar refractivity (Wildman–Crippen MR) is 122 cm³/mol. The third kappa shape index (κ3) is 4.79. The first-order valence-corrected chi connectivity index (χ1v) is 10.4. The second kappa shape index (κ2) is 9.03. The Balaban J connectivity index is 1.54. The second-order valence-electron chi connectivity index (χ2n) is 7.41. The van der Waals surface area contributed by atoms with Gasteiger partial charge < -0.3 is 24.9 Å². The Morgan fingerprint density at radius 2 is 2.00 bits per heavy atom. The van der Waals surface area contributed by atoms with E-state index in [1.54, 1.807) is 55.5 Å². The molecule has 0 saturated carbocycles. The highest BCUT2D eigenvalue weighted by Crippen LogP contribution is 2.25. The van der Waals surface area contributed by atoms with Crippen molar-refractivity contribution in [3.8, 4) is 5.75 Å². The van der Waals surface area contributed by atoms with Gasteiger partial charge in [0.2, 0.25) is 17.7 Å². The minimum atomic E-state index is -0.530. The Labute approximate surface area is 189 Å². The summed E-state index contributed by atoms with van der Waals surface area (Å²) in [4.78, 5) is 28.9. The average molecular weight is 449 g/mol. The van der Waals surface area contributed by atoms with Gasteiger partial charge >= 0.3 is 5.97 Å². The summed E-state index contributed by atoms with van der Waals surface area (Å²) in [6.45, 7) is 5.79. The number of hydrogen-bond donors (Lipinski definition) is 2. The zero-order chi connectivity index (χ0) is 23.5. The normalized spacial score (nSPS) is 11.0. The molecule has 2 aromatic heterocycles. The third-order valence-corrected chi connectivity index (χ3v) is 4.53. The van der Waals surface area contributed by atoms with E-state index in [-0.39, 0.29) is 30.4 Å². The monoisotopic (exact) mass is 449 g/mol. The van der Waals surface area contributed by atoms with Crippen LogP contribution in [0.3, 0.4) is 0 Å². The van der Waals surface area contributed by atoms with Gasteiger partial charge in [-0.2, -0.15) is 9.67 Å². The molecule has 10 heteroatoms. The van der Waals surface area contributed by atoms with E-state index in [2.05, 4.69) is 15.4 Å². The fraction of sp³-hybridized carbons (Fsp3) is 0.217. The van der Waals surface area contributed by atoms with Crippen LogP contribution in [0.5, 0.6) is 5.75 Å². The molecule has 0 atom stereocenters. The topological polar surface area (TPSA) is 134 Å². The molecule has 33 heavy (non-hydrogen) atoms. The SMILES string of the molecule is CCOC(=O)c1cc2cc(Nc3nc(N)n(C(=O)c4cccc(OC(C)C)c4)n3)ccc2o1. The Bertz CT molecular complexity index is 1320. The van der Waals surface area contributed by atoms with E-state index < -0.39 is 11.9 Å². The van der Waals surface area contributed by atoms with E-state index in [0.717, 1.165) is 4.68 Å². The number of furan rings is 1. The van der Waals surface area contributed by atoms with Crippen LogP contribution in [-0.2, 0) is 4.74 Å². The number of anilines is 3. The first kappa shape index (κ1) is 21.9. The summed E-state index contributed by atoms with van der Waals surface area (Å²) in [5.41, 5.74) is 7.45. The summed E-state index contributed by atoms with van der Waals surface area (Å²) < 4.78 is 17.1. The maximum Gasteiger partial charge on any atom is 0.374 e. The van der Waals surface area contributed by atoms with Crippen molar-refractivity contribution in [1.29, 1.82) is 0 Å². The molecule has 2 aromatic carbocycles.